The highest BCUT2D eigenvalue weighted by atomic mass is 31.2. The third kappa shape index (κ3) is 18.6. The van der Waals surface area contributed by atoms with Crippen LogP contribution in [0.1, 0.15) is 156 Å². The van der Waals surface area contributed by atoms with Crippen molar-refractivity contribution in [3.8, 4) is 0 Å². The van der Waals surface area contributed by atoms with E-state index in [1.54, 1.807) is 57.2 Å². The van der Waals surface area contributed by atoms with E-state index >= 15 is 0 Å². The molecule has 0 aliphatic rings. The van der Waals surface area contributed by atoms with E-state index in [0.717, 1.165) is 53.5 Å². The molecule has 11 nitrogen and oxygen atoms in total. The second kappa shape index (κ2) is 34.7. The van der Waals surface area contributed by atoms with Crippen LogP contribution in [-0.4, -0.2) is 44.4 Å². The number of unbranched alkanes of at least 4 members (excludes halogenated alkanes) is 3. The Labute approximate surface area is 405 Å². The van der Waals surface area contributed by atoms with Gasteiger partial charge in [-0.25, -0.2) is 9.59 Å². The number of carbonyl (C=O) groups is 3. The van der Waals surface area contributed by atoms with E-state index in [9.17, 15) is 23.5 Å². The predicted molar refractivity (Wildman–Crippen MR) is 295 cm³/mol. The van der Waals surface area contributed by atoms with Gasteiger partial charge in [0.25, 0.3) is 5.52 Å². The molecule has 0 saturated carbocycles. The highest BCUT2D eigenvalue weighted by molar-refractivity contribution is 7.83. The zero-order valence-electron chi connectivity index (χ0n) is 33.8. The molecule has 66 heavy (non-hydrogen) atoms. The number of aryl methyl sites for hydroxylation is 4. The second-order valence-electron chi connectivity index (χ2n) is 14.0. The number of hydrogen-bond donors (Lipinski definition) is 4. The maximum atomic E-state index is 14.0. The van der Waals surface area contributed by atoms with Crippen molar-refractivity contribution in [2.75, 3.05) is 37.4 Å². The molecule has 4 N–H and O–H groups in total. The maximum absolute atomic E-state index is 14.0. The first kappa shape index (κ1) is 75.8. The first-order valence-electron chi connectivity index (χ1n) is 19.0. The summed E-state index contributed by atoms with van der Waals surface area (Å²) in [7, 11) is -5.58. The summed E-state index contributed by atoms with van der Waals surface area (Å²) in [6, 6.07) is 20.8. The Morgan fingerprint density at radius 2 is 0.955 bits per heavy atom. The Balaban J connectivity index is -0.000000696. The van der Waals surface area contributed by atoms with Gasteiger partial charge in [-0.3, -0.25) is 13.9 Å². The average Bonchev–Trinajstić information content (AvgIpc) is 3.18. The van der Waals surface area contributed by atoms with Crippen LogP contribution in [0.4, 0.5) is 21.0 Å². The topological polar surface area (TPSA) is 152 Å². The molecule has 4 amide bonds. The van der Waals surface area contributed by atoms with E-state index < -0.39 is 26.3 Å². The number of hydrogen-bond acceptors (Lipinski definition) is 7. The molecule has 0 aliphatic carbocycles. The van der Waals surface area contributed by atoms with E-state index in [1.807, 2.05) is 64.1 Å². The van der Waals surface area contributed by atoms with Crippen molar-refractivity contribution in [2.24, 2.45) is 0 Å². The zero-order valence-corrected chi connectivity index (χ0v) is 35.6. The largest absolute Gasteiger partial charge is 0.338 e. The first-order valence-corrected chi connectivity index (χ1v) is 22.5. The van der Waals surface area contributed by atoms with Crippen LogP contribution in [0.15, 0.2) is 72.8 Å². The van der Waals surface area contributed by atoms with E-state index in [4.69, 9.17) is 9.05 Å². The minimum atomic E-state index is -3.89. The van der Waals surface area contributed by atoms with Gasteiger partial charge in [0.2, 0.25) is 7.37 Å². The number of benzene rings is 4. The summed E-state index contributed by atoms with van der Waals surface area (Å²) < 4.78 is 39.1. The average molecular weight is 963 g/mol. The monoisotopic (exact) mass is 963 g/mol. The van der Waals surface area contributed by atoms with Crippen molar-refractivity contribution < 1.29 is 32.6 Å². The Bertz CT molecular complexity index is 2130. The van der Waals surface area contributed by atoms with E-state index in [1.165, 1.54) is 7.11 Å². The Morgan fingerprint density at radius 1 is 0.545 bits per heavy atom. The van der Waals surface area contributed by atoms with Crippen LogP contribution in [0, 0.1) is 41.5 Å². The number of urea groups is 2. The van der Waals surface area contributed by atoms with Gasteiger partial charge in [0.1, 0.15) is 0 Å². The van der Waals surface area contributed by atoms with Crippen molar-refractivity contribution in [3.63, 3.8) is 0 Å². The van der Waals surface area contributed by atoms with E-state index in [2.05, 4.69) is 21.3 Å². The SMILES string of the molecule is C.C.C.C.C.C.C.C.C.C.CCOP(=O)(C(=O)c1c(C)cc(C)c(NC(=O)NCCCCCCNC(=O)Nc2c(C)cc(C)c(CP(=O)(OC)c3ccccc3)c2C)c1C)c1ccccc1. The quantitative estimate of drug-likeness (QED) is 0.0572. The fourth-order valence-electron chi connectivity index (χ4n) is 7.02. The first-order chi connectivity index (χ1) is 26.7. The lowest BCUT2D eigenvalue weighted by Gasteiger charge is -2.22. The molecule has 13 heteroatoms. The van der Waals surface area contributed by atoms with Gasteiger partial charge >= 0.3 is 19.4 Å². The summed E-state index contributed by atoms with van der Waals surface area (Å²) in [5, 5.41) is 12.7. The van der Waals surface area contributed by atoms with E-state index in [-0.39, 0.29) is 98.6 Å². The number of rotatable bonds is 18. The van der Waals surface area contributed by atoms with Crippen molar-refractivity contribution >= 4 is 54.3 Å². The molecule has 2 atom stereocenters. The molecule has 0 aliphatic heterocycles. The number of nitrogens with one attached hydrogen (secondary N) is 4. The molecule has 0 heterocycles. The molecule has 0 radical (unpaired) electrons. The number of anilines is 2. The normalized spacial score (nSPS) is 11.3. The van der Waals surface area contributed by atoms with Gasteiger partial charge in [0, 0.05) is 47.7 Å². The van der Waals surface area contributed by atoms with Gasteiger partial charge in [-0.05, 0) is 125 Å². The van der Waals surface area contributed by atoms with Gasteiger partial charge in [0.15, 0.2) is 0 Å². The van der Waals surface area contributed by atoms with Crippen LogP contribution in [0.2, 0.25) is 0 Å². The second-order valence-corrected chi connectivity index (χ2v) is 18.8. The molecular weight excluding hydrogens is 867 g/mol. The van der Waals surface area contributed by atoms with Gasteiger partial charge in [-0.1, -0.05) is 136 Å². The predicted octanol–water partition coefficient (Wildman–Crippen LogP) is 15.9. The summed E-state index contributed by atoms with van der Waals surface area (Å²) in [6.07, 6.45) is 3.42. The van der Waals surface area contributed by atoms with Crippen molar-refractivity contribution in [1.29, 1.82) is 0 Å². The lowest BCUT2D eigenvalue weighted by molar-refractivity contribution is 0.105. The Kier molecular flexibility index (Phi) is 39.9. The molecule has 0 spiro atoms. The molecule has 4 aromatic rings. The molecule has 380 valence electrons. The van der Waals surface area contributed by atoms with Crippen LogP contribution in [0.5, 0.6) is 0 Å². The summed E-state index contributed by atoms with van der Waals surface area (Å²) in [6.45, 7) is 14.0. The molecule has 4 rings (SSSR count). The van der Waals surface area contributed by atoms with Gasteiger partial charge in [0.05, 0.1) is 12.8 Å². The van der Waals surface area contributed by atoms with Gasteiger partial charge in [-0.15, -0.1) is 0 Å². The smallest absolute Gasteiger partial charge is 0.319 e. The molecule has 0 bridgehead atoms. The summed E-state index contributed by atoms with van der Waals surface area (Å²) >= 11 is 0. The van der Waals surface area contributed by atoms with Gasteiger partial charge in [-0.2, -0.15) is 0 Å². The van der Waals surface area contributed by atoms with Crippen LogP contribution in [0.25, 0.3) is 0 Å². The molecular formula is C53H96N4O7P2. The lowest BCUT2D eigenvalue weighted by atomic mass is 9.98. The molecule has 4 aromatic carbocycles. The molecule has 0 saturated heterocycles. The minimum absolute atomic E-state index is 0. The Hall–Kier alpha value is -4.53. The van der Waals surface area contributed by atoms with Crippen LogP contribution < -0.4 is 31.9 Å². The van der Waals surface area contributed by atoms with Gasteiger partial charge < -0.3 is 30.3 Å². The highest BCUT2D eigenvalue weighted by Crippen LogP contribution is 2.51. The molecule has 0 fully saturated rings. The van der Waals surface area contributed by atoms with Crippen LogP contribution in [-0.2, 0) is 24.3 Å². The van der Waals surface area contributed by atoms with Crippen molar-refractivity contribution in [2.45, 2.75) is 155 Å². The minimum Gasteiger partial charge on any atom is -0.338 e. The standard InChI is InChI=1S/C43H56N4O7P2.10CH4/c1-9-54-56(52,36-22-16-13-17-23-36)41(48)38-30(3)27-32(5)40(34(38)7)47-43(50)45-25-19-11-10-18-24-44-42(49)46-39-31(4)26-29(2)37(33(39)6)28-55(51,53-8)35-20-14-12-15-21-35;;;;;;;;;;/h12-17,20-23,26-27H,9-11,18-19,24-25,28H2,1-8H3,(H2,44,46,49)(H2,45,47,50);10*1H4. The maximum Gasteiger partial charge on any atom is 0.319 e. The Morgan fingerprint density at radius 3 is 1.38 bits per heavy atom. The van der Waals surface area contributed by atoms with Crippen molar-refractivity contribution in [3.05, 3.63) is 117 Å². The fraction of sp³-hybridized carbons (Fsp3) is 0.491. The zero-order chi connectivity index (χ0) is 41.0. The third-order valence-electron chi connectivity index (χ3n) is 9.95. The molecule has 0 aromatic heterocycles. The highest BCUT2D eigenvalue weighted by Gasteiger charge is 2.38. The number of amides is 4. The summed E-state index contributed by atoms with van der Waals surface area (Å²) in [5.41, 5.74) is 6.49. The van der Waals surface area contributed by atoms with Crippen molar-refractivity contribution in [1.82, 2.24) is 10.6 Å². The number of carbonyl (C=O) groups excluding carboxylic acids is 3. The van der Waals surface area contributed by atoms with Crippen LogP contribution >= 0.6 is 14.7 Å². The third-order valence-corrected chi connectivity index (χ3v) is 14.7. The summed E-state index contributed by atoms with van der Waals surface area (Å²) in [4.78, 5) is 39.7. The molecule has 2 unspecified atom stereocenters. The lowest BCUT2D eigenvalue weighted by Crippen LogP contribution is -2.31. The van der Waals surface area contributed by atoms with E-state index in [0.29, 0.717) is 46.2 Å². The fourth-order valence-corrected chi connectivity index (χ4v) is 11.1. The summed E-state index contributed by atoms with van der Waals surface area (Å²) in [5.74, 6) is 0. The van der Waals surface area contributed by atoms with Crippen LogP contribution in [0.3, 0.4) is 0 Å².